The predicted octanol–water partition coefficient (Wildman–Crippen LogP) is 2.20. The molecule has 1 aliphatic heterocycles. The van der Waals surface area contributed by atoms with Gasteiger partial charge in [-0.3, -0.25) is 9.69 Å². The molecule has 0 atom stereocenters. The molecule has 1 fully saturated rings. The van der Waals surface area contributed by atoms with Gasteiger partial charge in [-0.2, -0.15) is 0 Å². The van der Waals surface area contributed by atoms with Gasteiger partial charge in [0.25, 0.3) is 0 Å². The van der Waals surface area contributed by atoms with Crippen LogP contribution in [0.1, 0.15) is 10.4 Å². The summed E-state index contributed by atoms with van der Waals surface area (Å²) in [5.74, 6) is 1.32. The van der Waals surface area contributed by atoms with Gasteiger partial charge in [0.05, 0.1) is 13.7 Å². The molecule has 0 saturated carbocycles. The molecular weight excluding hydrogens is 358 g/mol. The molecule has 0 amide bonds. The lowest BCUT2D eigenvalue weighted by Crippen LogP contribution is -2.48. The predicted molar refractivity (Wildman–Crippen MR) is 106 cm³/mol. The quantitative estimate of drug-likeness (QED) is 0.497. The molecule has 3 aromatic rings. The van der Waals surface area contributed by atoms with Crippen molar-refractivity contribution in [1.29, 1.82) is 0 Å². The number of Topliss-reactive ketones (excluding diaryl/α,β-unsaturated/α-hetero) is 1. The normalized spacial score (nSPS) is 15.0. The van der Waals surface area contributed by atoms with E-state index < -0.39 is 5.63 Å². The van der Waals surface area contributed by atoms with Gasteiger partial charge in [0, 0.05) is 43.8 Å². The molecule has 7 nitrogen and oxygen atoms in total. The van der Waals surface area contributed by atoms with Crippen LogP contribution in [0, 0.1) is 0 Å². The van der Waals surface area contributed by atoms with Crippen LogP contribution in [0.15, 0.2) is 57.9 Å². The van der Waals surface area contributed by atoms with Crippen LogP contribution in [0.5, 0.6) is 5.75 Å². The lowest BCUT2D eigenvalue weighted by molar-refractivity contribution is 0.0923. The highest BCUT2D eigenvalue weighted by Gasteiger charge is 2.22. The number of anilines is 1. The Bertz CT molecular complexity index is 1040. The maximum atomic E-state index is 12.7. The number of hydrogen-bond acceptors (Lipinski definition) is 7. The first kappa shape index (κ1) is 18.2. The van der Waals surface area contributed by atoms with Crippen molar-refractivity contribution in [2.75, 3.05) is 44.7 Å². The number of methoxy groups -OCH3 is 1. The molecule has 2 aromatic heterocycles. The maximum absolute atomic E-state index is 12.7. The van der Waals surface area contributed by atoms with Crippen LogP contribution >= 0.6 is 0 Å². The zero-order valence-electron chi connectivity index (χ0n) is 15.6. The molecule has 0 bridgehead atoms. The lowest BCUT2D eigenvalue weighted by Gasteiger charge is -2.34. The summed E-state index contributed by atoms with van der Waals surface area (Å²) < 4.78 is 10.5. The Labute approximate surface area is 162 Å². The Kier molecular flexibility index (Phi) is 5.08. The highest BCUT2D eigenvalue weighted by molar-refractivity contribution is 5.99. The third-order valence-electron chi connectivity index (χ3n) is 4.96. The van der Waals surface area contributed by atoms with E-state index in [4.69, 9.17) is 9.15 Å². The number of fused-ring (bicyclic) bond motifs is 1. The van der Waals surface area contributed by atoms with Gasteiger partial charge in [-0.15, -0.1) is 0 Å². The van der Waals surface area contributed by atoms with E-state index in [9.17, 15) is 9.59 Å². The largest absolute Gasteiger partial charge is 0.497 e. The molecule has 28 heavy (non-hydrogen) atoms. The number of carbonyl (C=O) groups excluding carboxylic acids is 1. The summed E-state index contributed by atoms with van der Waals surface area (Å²) in [6.45, 7) is 3.24. The van der Waals surface area contributed by atoms with Gasteiger partial charge in [0.1, 0.15) is 22.7 Å². The van der Waals surface area contributed by atoms with Crippen LogP contribution in [0.2, 0.25) is 0 Å². The van der Waals surface area contributed by atoms with E-state index in [-0.39, 0.29) is 17.9 Å². The minimum atomic E-state index is -0.613. The van der Waals surface area contributed by atoms with Gasteiger partial charge in [0.2, 0.25) is 0 Å². The zero-order valence-corrected chi connectivity index (χ0v) is 15.6. The van der Waals surface area contributed by atoms with Gasteiger partial charge < -0.3 is 14.1 Å². The first-order valence-corrected chi connectivity index (χ1v) is 9.17. The number of carbonyl (C=O) groups is 1. The fourth-order valence-electron chi connectivity index (χ4n) is 3.38. The minimum Gasteiger partial charge on any atom is -0.497 e. The highest BCUT2D eigenvalue weighted by atomic mass is 16.5. The third kappa shape index (κ3) is 3.75. The number of nitrogens with zero attached hydrogens (tertiary/aromatic N) is 3. The monoisotopic (exact) mass is 379 g/mol. The number of piperazine rings is 1. The molecule has 3 heterocycles. The Morgan fingerprint density at radius 2 is 1.96 bits per heavy atom. The Hall–Kier alpha value is -3.19. The zero-order chi connectivity index (χ0) is 19.5. The van der Waals surface area contributed by atoms with Gasteiger partial charge in [-0.25, -0.2) is 9.78 Å². The average Bonchev–Trinajstić information content (AvgIpc) is 2.74. The summed E-state index contributed by atoms with van der Waals surface area (Å²) in [5, 5.41) is 0.698. The third-order valence-corrected chi connectivity index (χ3v) is 4.96. The standard InChI is InChI=1S/C21H21N3O4/c1-27-16-6-5-15-12-17(21(26)28-19(15)13-16)18(25)14-23-8-10-24(11-9-23)20-4-2-3-7-22-20/h2-7,12-13H,8-11,14H2,1H3. The van der Waals surface area contributed by atoms with Crippen LogP contribution in [-0.4, -0.2) is 55.5 Å². The molecule has 4 rings (SSSR count). The van der Waals surface area contributed by atoms with Crippen molar-refractivity contribution in [2.24, 2.45) is 0 Å². The van der Waals surface area contributed by atoms with Crippen LogP contribution < -0.4 is 15.3 Å². The number of aromatic nitrogens is 1. The second-order valence-corrected chi connectivity index (χ2v) is 6.73. The minimum absolute atomic E-state index is 0.0878. The fraction of sp³-hybridized carbons (Fsp3) is 0.286. The van der Waals surface area contributed by atoms with E-state index in [1.54, 1.807) is 37.6 Å². The number of benzene rings is 1. The summed E-state index contributed by atoms with van der Waals surface area (Å²) in [6.07, 6.45) is 1.78. The lowest BCUT2D eigenvalue weighted by atomic mass is 10.1. The molecular formula is C21H21N3O4. The molecule has 0 radical (unpaired) electrons. The summed E-state index contributed by atoms with van der Waals surface area (Å²) in [7, 11) is 1.55. The van der Waals surface area contributed by atoms with Crippen molar-refractivity contribution in [1.82, 2.24) is 9.88 Å². The number of ether oxygens (including phenoxy) is 1. The molecule has 144 valence electrons. The number of pyridine rings is 1. The second kappa shape index (κ2) is 7.82. The molecule has 1 aromatic carbocycles. The van der Waals surface area contributed by atoms with Crippen LogP contribution in [0.3, 0.4) is 0 Å². The van der Waals surface area contributed by atoms with Gasteiger partial charge >= 0.3 is 5.63 Å². The molecule has 0 spiro atoms. The smallest absolute Gasteiger partial charge is 0.347 e. The molecule has 1 saturated heterocycles. The summed E-state index contributed by atoms with van der Waals surface area (Å²) in [6, 6.07) is 12.6. The fourth-order valence-corrected chi connectivity index (χ4v) is 3.38. The van der Waals surface area contributed by atoms with Crippen molar-refractivity contribution in [3.05, 3.63) is 64.6 Å². The first-order valence-electron chi connectivity index (χ1n) is 9.17. The van der Waals surface area contributed by atoms with Crippen LogP contribution in [0.4, 0.5) is 5.82 Å². The van der Waals surface area contributed by atoms with Crippen molar-refractivity contribution in [2.45, 2.75) is 0 Å². The maximum Gasteiger partial charge on any atom is 0.347 e. The first-order chi connectivity index (χ1) is 13.6. The van der Waals surface area contributed by atoms with Crippen molar-refractivity contribution in [3.8, 4) is 5.75 Å². The van der Waals surface area contributed by atoms with Crippen LogP contribution in [0.25, 0.3) is 11.0 Å². The molecule has 7 heteroatoms. The Morgan fingerprint density at radius 3 is 2.68 bits per heavy atom. The number of rotatable bonds is 5. The van der Waals surface area contributed by atoms with Gasteiger partial charge in [-0.1, -0.05) is 6.07 Å². The van der Waals surface area contributed by atoms with Crippen LogP contribution in [-0.2, 0) is 0 Å². The van der Waals surface area contributed by atoms with E-state index in [0.29, 0.717) is 16.7 Å². The van der Waals surface area contributed by atoms with E-state index >= 15 is 0 Å². The average molecular weight is 379 g/mol. The second-order valence-electron chi connectivity index (χ2n) is 6.73. The summed E-state index contributed by atoms with van der Waals surface area (Å²) >= 11 is 0. The van der Waals surface area contributed by atoms with E-state index in [1.165, 1.54) is 0 Å². The summed E-state index contributed by atoms with van der Waals surface area (Å²) in [5.41, 5.74) is -0.118. The van der Waals surface area contributed by atoms with Gasteiger partial charge in [0.15, 0.2) is 5.78 Å². The summed E-state index contributed by atoms with van der Waals surface area (Å²) in [4.78, 5) is 33.6. The molecule has 0 aliphatic carbocycles. The molecule has 0 N–H and O–H groups in total. The molecule has 0 unspecified atom stereocenters. The number of hydrogen-bond donors (Lipinski definition) is 0. The van der Waals surface area contributed by atoms with Crippen molar-refractivity contribution in [3.63, 3.8) is 0 Å². The topological polar surface area (TPSA) is 75.9 Å². The van der Waals surface area contributed by atoms with Crippen molar-refractivity contribution >= 4 is 22.6 Å². The van der Waals surface area contributed by atoms with E-state index in [0.717, 1.165) is 32.0 Å². The van der Waals surface area contributed by atoms with E-state index in [2.05, 4.69) is 14.8 Å². The SMILES string of the molecule is COc1ccc2cc(C(=O)CN3CCN(c4ccccn4)CC3)c(=O)oc2c1. The van der Waals surface area contributed by atoms with Crippen molar-refractivity contribution < 1.29 is 13.9 Å². The van der Waals surface area contributed by atoms with E-state index in [1.807, 2.05) is 18.2 Å². The van der Waals surface area contributed by atoms with Gasteiger partial charge in [-0.05, 0) is 30.3 Å². The Morgan fingerprint density at radius 1 is 1.14 bits per heavy atom. The highest BCUT2D eigenvalue weighted by Crippen LogP contribution is 2.20. The number of ketones is 1. The Balaban J connectivity index is 1.44. The molecule has 1 aliphatic rings.